The molecular formula is C12H20ClN3OS. The van der Waals surface area contributed by atoms with Gasteiger partial charge in [0.25, 0.3) is 5.91 Å². The lowest BCUT2D eigenvalue weighted by Gasteiger charge is -2.28. The largest absolute Gasteiger partial charge is 0.348 e. The van der Waals surface area contributed by atoms with Gasteiger partial charge in [-0.25, -0.2) is 0 Å². The Morgan fingerprint density at radius 2 is 2.44 bits per heavy atom. The van der Waals surface area contributed by atoms with Gasteiger partial charge in [-0.1, -0.05) is 6.92 Å². The Morgan fingerprint density at radius 3 is 3.06 bits per heavy atom. The van der Waals surface area contributed by atoms with Gasteiger partial charge in [0.2, 0.25) is 0 Å². The zero-order valence-corrected chi connectivity index (χ0v) is 12.4. The van der Waals surface area contributed by atoms with E-state index in [1.54, 1.807) is 0 Å². The van der Waals surface area contributed by atoms with Crippen molar-refractivity contribution in [2.45, 2.75) is 45.2 Å². The molecule has 0 radical (unpaired) electrons. The molecule has 0 aromatic carbocycles. The lowest BCUT2D eigenvalue weighted by atomic mass is 10.0. The van der Waals surface area contributed by atoms with Crippen LogP contribution < -0.4 is 10.6 Å². The van der Waals surface area contributed by atoms with E-state index in [1.165, 1.54) is 11.5 Å². The maximum atomic E-state index is 12.0. The van der Waals surface area contributed by atoms with Crippen LogP contribution in [0.4, 0.5) is 0 Å². The molecule has 4 nitrogen and oxygen atoms in total. The highest BCUT2D eigenvalue weighted by Gasteiger charge is 2.21. The standard InChI is InChI=1S/C12H19N3OS.ClH/c1-3-10-7-11(15-17-10)12(16)14-9-4-5-13-8(2)6-9;/h7-9,13H,3-6H2,1-2H3,(H,14,16);1H/t8-,9-;/m0./s1. The third-order valence-electron chi connectivity index (χ3n) is 3.10. The summed E-state index contributed by atoms with van der Waals surface area (Å²) >= 11 is 1.42. The fraction of sp³-hybridized carbons (Fsp3) is 0.667. The second kappa shape index (κ2) is 7.07. The molecular weight excluding hydrogens is 270 g/mol. The maximum Gasteiger partial charge on any atom is 0.271 e. The van der Waals surface area contributed by atoms with Crippen molar-refractivity contribution in [3.8, 4) is 0 Å². The molecule has 1 amide bonds. The summed E-state index contributed by atoms with van der Waals surface area (Å²) < 4.78 is 4.19. The molecule has 1 aromatic rings. The van der Waals surface area contributed by atoms with Gasteiger partial charge >= 0.3 is 0 Å². The molecule has 2 N–H and O–H groups in total. The third-order valence-corrected chi connectivity index (χ3v) is 4.03. The van der Waals surface area contributed by atoms with Gasteiger partial charge in [-0.05, 0) is 50.3 Å². The van der Waals surface area contributed by atoms with Crippen molar-refractivity contribution in [1.29, 1.82) is 0 Å². The van der Waals surface area contributed by atoms with Crippen LogP contribution in [-0.2, 0) is 6.42 Å². The monoisotopic (exact) mass is 289 g/mol. The Morgan fingerprint density at radius 1 is 1.67 bits per heavy atom. The first-order valence-electron chi connectivity index (χ1n) is 6.19. The summed E-state index contributed by atoms with van der Waals surface area (Å²) in [5.74, 6) is -0.0277. The van der Waals surface area contributed by atoms with Crippen molar-refractivity contribution >= 4 is 29.8 Å². The van der Waals surface area contributed by atoms with Crippen LogP contribution in [0, 0.1) is 0 Å². The number of hydrogen-bond acceptors (Lipinski definition) is 4. The number of aryl methyl sites for hydroxylation is 1. The molecule has 0 bridgehead atoms. The van der Waals surface area contributed by atoms with Gasteiger partial charge in [-0.3, -0.25) is 4.79 Å². The quantitative estimate of drug-likeness (QED) is 0.895. The SMILES string of the molecule is CCc1cc(C(=O)N[C@H]2CCN[C@@H](C)C2)ns1.Cl. The van der Waals surface area contributed by atoms with Crippen LogP contribution in [0.3, 0.4) is 0 Å². The number of amides is 1. The number of nitrogens with one attached hydrogen (secondary N) is 2. The summed E-state index contributed by atoms with van der Waals surface area (Å²) in [5.41, 5.74) is 0.568. The number of nitrogens with zero attached hydrogens (tertiary/aromatic N) is 1. The van der Waals surface area contributed by atoms with Crippen LogP contribution in [0.2, 0.25) is 0 Å². The fourth-order valence-corrected chi connectivity index (χ4v) is 2.75. The normalized spacial score (nSPS) is 23.2. The number of halogens is 1. The van der Waals surface area contributed by atoms with Crippen molar-refractivity contribution < 1.29 is 4.79 Å². The molecule has 1 saturated heterocycles. The van der Waals surface area contributed by atoms with Gasteiger partial charge in [-0.2, -0.15) is 4.37 Å². The van der Waals surface area contributed by atoms with Crippen molar-refractivity contribution in [2.24, 2.45) is 0 Å². The van der Waals surface area contributed by atoms with Crippen molar-refractivity contribution in [3.63, 3.8) is 0 Å². The fourth-order valence-electron chi connectivity index (χ4n) is 2.11. The number of hydrogen-bond donors (Lipinski definition) is 2. The second-order valence-electron chi connectivity index (χ2n) is 4.58. The first-order valence-corrected chi connectivity index (χ1v) is 6.96. The second-order valence-corrected chi connectivity index (χ2v) is 5.47. The third kappa shape index (κ3) is 3.93. The Balaban J connectivity index is 0.00000162. The highest BCUT2D eigenvalue weighted by Crippen LogP contribution is 2.12. The number of rotatable bonds is 3. The Labute approximate surface area is 118 Å². The lowest BCUT2D eigenvalue weighted by molar-refractivity contribution is 0.0921. The van der Waals surface area contributed by atoms with E-state index in [4.69, 9.17) is 0 Å². The lowest BCUT2D eigenvalue weighted by Crippen LogP contribution is -2.46. The minimum atomic E-state index is -0.0277. The van der Waals surface area contributed by atoms with Gasteiger partial charge in [0.15, 0.2) is 0 Å². The summed E-state index contributed by atoms with van der Waals surface area (Å²) in [4.78, 5) is 13.1. The van der Waals surface area contributed by atoms with E-state index < -0.39 is 0 Å². The van der Waals surface area contributed by atoms with Gasteiger partial charge < -0.3 is 10.6 Å². The molecule has 2 heterocycles. The minimum absolute atomic E-state index is 0. The predicted molar refractivity (Wildman–Crippen MR) is 76.7 cm³/mol. The highest BCUT2D eigenvalue weighted by molar-refractivity contribution is 7.05. The Hall–Kier alpha value is -0.650. The van der Waals surface area contributed by atoms with Gasteiger partial charge in [0, 0.05) is 17.0 Å². The first-order chi connectivity index (χ1) is 8.19. The summed E-state index contributed by atoms with van der Waals surface area (Å²) in [6.45, 7) is 5.20. The molecule has 0 saturated carbocycles. The van der Waals surface area contributed by atoms with E-state index >= 15 is 0 Å². The van der Waals surface area contributed by atoms with Crippen LogP contribution in [-0.4, -0.2) is 28.9 Å². The zero-order valence-electron chi connectivity index (χ0n) is 10.7. The summed E-state index contributed by atoms with van der Waals surface area (Å²) in [6.07, 6.45) is 2.94. The number of aromatic nitrogens is 1. The van der Waals surface area contributed by atoms with Crippen LogP contribution >= 0.6 is 23.9 Å². The molecule has 2 rings (SSSR count). The van der Waals surface area contributed by atoms with Crippen molar-refractivity contribution in [3.05, 3.63) is 16.6 Å². The molecule has 0 aliphatic carbocycles. The van der Waals surface area contributed by atoms with E-state index in [2.05, 4.69) is 28.9 Å². The highest BCUT2D eigenvalue weighted by atomic mass is 35.5. The van der Waals surface area contributed by atoms with Crippen molar-refractivity contribution in [2.75, 3.05) is 6.54 Å². The van der Waals surface area contributed by atoms with Crippen molar-refractivity contribution in [1.82, 2.24) is 15.0 Å². The van der Waals surface area contributed by atoms with E-state index in [1.807, 2.05) is 6.07 Å². The average Bonchev–Trinajstić information content (AvgIpc) is 2.77. The molecule has 1 aliphatic rings. The zero-order chi connectivity index (χ0) is 12.3. The minimum Gasteiger partial charge on any atom is -0.348 e. The van der Waals surface area contributed by atoms with E-state index in [-0.39, 0.29) is 24.4 Å². The molecule has 6 heteroatoms. The van der Waals surface area contributed by atoms with Gasteiger partial charge in [-0.15, -0.1) is 12.4 Å². The topological polar surface area (TPSA) is 54.0 Å². The van der Waals surface area contributed by atoms with E-state index in [0.29, 0.717) is 11.7 Å². The van der Waals surface area contributed by atoms with E-state index in [9.17, 15) is 4.79 Å². The summed E-state index contributed by atoms with van der Waals surface area (Å²) in [7, 11) is 0. The van der Waals surface area contributed by atoms with Gasteiger partial charge in [0.1, 0.15) is 5.69 Å². The number of carbonyl (C=O) groups excluding carboxylic acids is 1. The molecule has 0 spiro atoms. The van der Waals surface area contributed by atoms with E-state index in [0.717, 1.165) is 30.7 Å². The van der Waals surface area contributed by atoms with Crippen LogP contribution in [0.5, 0.6) is 0 Å². The molecule has 1 fully saturated rings. The molecule has 2 atom stereocenters. The van der Waals surface area contributed by atoms with Gasteiger partial charge in [0.05, 0.1) is 0 Å². The van der Waals surface area contributed by atoms with Crippen LogP contribution in [0.25, 0.3) is 0 Å². The molecule has 18 heavy (non-hydrogen) atoms. The number of piperidine rings is 1. The Bertz CT molecular complexity index is 396. The Kier molecular flexibility index (Phi) is 6.05. The molecule has 1 aromatic heterocycles. The molecule has 1 aliphatic heterocycles. The predicted octanol–water partition coefficient (Wildman–Crippen LogP) is 2.00. The number of carbonyl (C=O) groups is 1. The molecule has 102 valence electrons. The summed E-state index contributed by atoms with van der Waals surface area (Å²) in [6, 6.07) is 2.66. The smallest absolute Gasteiger partial charge is 0.271 e. The maximum absolute atomic E-state index is 12.0. The first kappa shape index (κ1) is 15.4. The van der Waals surface area contributed by atoms with Crippen LogP contribution in [0.15, 0.2) is 6.07 Å². The molecule has 0 unspecified atom stereocenters. The van der Waals surface area contributed by atoms with Crippen LogP contribution in [0.1, 0.15) is 42.1 Å². The summed E-state index contributed by atoms with van der Waals surface area (Å²) in [5, 5.41) is 6.44. The average molecular weight is 290 g/mol.